The predicted molar refractivity (Wildman–Crippen MR) is 66.1 cm³/mol. The molecule has 6 heteroatoms. The van der Waals surface area contributed by atoms with Crippen LogP contribution in [0.15, 0.2) is 29.2 Å². The van der Waals surface area contributed by atoms with Crippen molar-refractivity contribution in [3.05, 3.63) is 29.8 Å². The molecule has 1 rings (SSSR count). The molecule has 0 bridgehead atoms. The summed E-state index contributed by atoms with van der Waals surface area (Å²) in [7, 11) is -4.12. The molecule has 5 nitrogen and oxygen atoms in total. The van der Waals surface area contributed by atoms with E-state index in [1.807, 2.05) is 0 Å². The second kappa shape index (κ2) is 6.51. The summed E-state index contributed by atoms with van der Waals surface area (Å²) in [6, 6.07) is 6.03. The molecule has 1 aromatic rings. The third-order valence-electron chi connectivity index (χ3n) is 2.58. The molecule has 0 heterocycles. The lowest BCUT2D eigenvalue weighted by atomic mass is 10.1. The Labute approximate surface area is 106 Å². The summed E-state index contributed by atoms with van der Waals surface area (Å²) in [4.78, 5) is 10.2. The van der Waals surface area contributed by atoms with Crippen LogP contribution in [0.25, 0.3) is 0 Å². The number of carboxylic acids is 1. The Hall–Kier alpha value is -1.40. The molecule has 18 heavy (non-hydrogen) atoms. The van der Waals surface area contributed by atoms with Gasteiger partial charge in [0.25, 0.3) is 10.1 Å². The average Bonchev–Trinajstić information content (AvgIpc) is 2.27. The largest absolute Gasteiger partial charge is 0.481 e. The number of carboxylic acid groups (broad SMARTS) is 1. The van der Waals surface area contributed by atoms with Crippen LogP contribution in [-0.2, 0) is 21.3 Å². The summed E-state index contributed by atoms with van der Waals surface area (Å²) in [5, 5.41) is 8.46. The molecule has 0 aliphatic rings. The van der Waals surface area contributed by atoms with Gasteiger partial charge >= 0.3 is 5.97 Å². The first-order valence-electron chi connectivity index (χ1n) is 5.68. The molecule has 0 spiro atoms. The number of aliphatic carboxylic acids is 1. The van der Waals surface area contributed by atoms with E-state index in [0.29, 0.717) is 6.42 Å². The van der Waals surface area contributed by atoms with Crippen molar-refractivity contribution in [3.63, 3.8) is 0 Å². The van der Waals surface area contributed by atoms with Gasteiger partial charge in [-0.1, -0.05) is 18.6 Å². The molecule has 0 atom stereocenters. The van der Waals surface area contributed by atoms with E-state index in [0.717, 1.165) is 24.8 Å². The average molecular weight is 272 g/mol. The Morgan fingerprint density at radius 1 is 1.06 bits per heavy atom. The standard InChI is InChI=1S/C12H16O5S/c13-12(14)5-3-1-2-4-10-6-8-11(9-7-10)18(15,16)17/h6-9H,1-5H2,(H,13,14)(H,15,16,17). The second-order valence-corrected chi connectivity index (χ2v) is 5.49. The lowest BCUT2D eigenvalue weighted by Gasteiger charge is -2.02. The van der Waals surface area contributed by atoms with E-state index in [9.17, 15) is 13.2 Å². The highest BCUT2D eigenvalue weighted by Crippen LogP contribution is 2.12. The van der Waals surface area contributed by atoms with E-state index in [2.05, 4.69) is 0 Å². The van der Waals surface area contributed by atoms with Gasteiger partial charge in [-0.25, -0.2) is 0 Å². The van der Waals surface area contributed by atoms with E-state index in [4.69, 9.17) is 9.66 Å². The van der Waals surface area contributed by atoms with Crippen LogP contribution in [-0.4, -0.2) is 24.0 Å². The molecule has 0 saturated heterocycles. The molecule has 2 N–H and O–H groups in total. The highest BCUT2D eigenvalue weighted by molar-refractivity contribution is 7.85. The SMILES string of the molecule is O=C(O)CCCCCc1ccc(S(=O)(=O)O)cc1. The van der Waals surface area contributed by atoms with Crippen molar-refractivity contribution in [3.8, 4) is 0 Å². The van der Waals surface area contributed by atoms with Crippen molar-refractivity contribution in [1.82, 2.24) is 0 Å². The highest BCUT2D eigenvalue weighted by atomic mass is 32.2. The smallest absolute Gasteiger partial charge is 0.303 e. The molecule has 0 aromatic heterocycles. The number of carbonyl (C=O) groups is 1. The second-order valence-electron chi connectivity index (χ2n) is 4.07. The minimum atomic E-state index is -4.12. The van der Waals surface area contributed by atoms with Gasteiger partial charge in [0.2, 0.25) is 0 Å². The quantitative estimate of drug-likeness (QED) is 0.586. The summed E-state index contributed by atoms with van der Waals surface area (Å²) in [6.07, 6.45) is 3.29. The van der Waals surface area contributed by atoms with Crippen LogP contribution in [0.2, 0.25) is 0 Å². The maximum Gasteiger partial charge on any atom is 0.303 e. The predicted octanol–water partition coefficient (Wildman–Crippen LogP) is 2.12. The fraction of sp³-hybridized carbons (Fsp3) is 0.417. The van der Waals surface area contributed by atoms with Crippen LogP contribution >= 0.6 is 0 Å². The first kappa shape index (κ1) is 14.7. The zero-order valence-electron chi connectivity index (χ0n) is 9.87. The summed E-state index contributed by atoms with van der Waals surface area (Å²) in [5.41, 5.74) is 0.970. The molecular formula is C12H16O5S. The fourth-order valence-corrected chi connectivity index (χ4v) is 2.09. The maximum absolute atomic E-state index is 10.8. The Morgan fingerprint density at radius 3 is 2.17 bits per heavy atom. The molecule has 0 saturated carbocycles. The molecule has 0 fully saturated rings. The summed E-state index contributed by atoms with van der Waals surface area (Å²) in [6.45, 7) is 0. The molecule has 0 amide bonds. The summed E-state index contributed by atoms with van der Waals surface area (Å²) in [5.74, 6) is -0.785. The number of unbranched alkanes of at least 4 members (excludes halogenated alkanes) is 2. The number of benzene rings is 1. The number of rotatable bonds is 7. The maximum atomic E-state index is 10.8. The first-order chi connectivity index (χ1) is 8.39. The Balaban J connectivity index is 2.38. The van der Waals surface area contributed by atoms with Crippen molar-refractivity contribution >= 4 is 16.1 Å². The minimum absolute atomic E-state index is 0.114. The van der Waals surface area contributed by atoms with Gasteiger partial charge < -0.3 is 5.11 Å². The Kier molecular flexibility index (Phi) is 5.30. The molecular weight excluding hydrogens is 256 g/mol. The van der Waals surface area contributed by atoms with Crippen LogP contribution in [0.4, 0.5) is 0 Å². The van der Waals surface area contributed by atoms with E-state index in [-0.39, 0.29) is 11.3 Å². The lowest BCUT2D eigenvalue weighted by molar-refractivity contribution is -0.137. The van der Waals surface area contributed by atoms with E-state index in [1.165, 1.54) is 12.1 Å². The van der Waals surface area contributed by atoms with E-state index >= 15 is 0 Å². The van der Waals surface area contributed by atoms with Crippen molar-refractivity contribution in [1.29, 1.82) is 0 Å². The van der Waals surface area contributed by atoms with Crippen LogP contribution in [0, 0.1) is 0 Å². The van der Waals surface area contributed by atoms with Crippen molar-refractivity contribution in [2.24, 2.45) is 0 Å². The highest BCUT2D eigenvalue weighted by Gasteiger charge is 2.08. The van der Waals surface area contributed by atoms with Gasteiger partial charge in [-0.3, -0.25) is 9.35 Å². The third-order valence-corrected chi connectivity index (χ3v) is 3.45. The number of aryl methyl sites for hydroxylation is 1. The van der Waals surface area contributed by atoms with Crippen LogP contribution in [0.5, 0.6) is 0 Å². The van der Waals surface area contributed by atoms with Gasteiger partial charge in [0.1, 0.15) is 0 Å². The third kappa shape index (κ3) is 5.29. The first-order valence-corrected chi connectivity index (χ1v) is 7.12. The van der Waals surface area contributed by atoms with Gasteiger partial charge in [0.15, 0.2) is 0 Å². The monoisotopic (exact) mass is 272 g/mol. The zero-order chi connectivity index (χ0) is 13.6. The van der Waals surface area contributed by atoms with Crippen LogP contribution in [0.1, 0.15) is 31.2 Å². The fourth-order valence-electron chi connectivity index (χ4n) is 1.61. The number of hydrogen-bond acceptors (Lipinski definition) is 3. The van der Waals surface area contributed by atoms with E-state index in [1.54, 1.807) is 12.1 Å². The van der Waals surface area contributed by atoms with E-state index < -0.39 is 16.1 Å². The van der Waals surface area contributed by atoms with Gasteiger partial charge in [-0.05, 0) is 37.0 Å². The normalized spacial score (nSPS) is 11.4. The minimum Gasteiger partial charge on any atom is -0.481 e. The van der Waals surface area contributed by atoms with Crippen molar-refractivity contribution < 1.29 is 22.9 Å². The Bertz CT molecular complexity index is 490. The molecule has 0 radical (unpaired) electrons. The van der Waals surface area contributed by atoms with Gasteiger partial charge in [-0.15, -0.1) is 0 Å². The van der Waals surface area contributed by atoms with Gasteiger partial charge in [-0.2, -0.15) is 8.42 Å². The zero-order valence-corrected chi connectivity index (χ0v) is 10.7. The van der Waals surface area contributed by atoms with Gasteiger partial charge in [0, 0.05) is 6.42 Å². The van der Waals surface area contributed by atoms with Crippen LogP contribution < -0.4 is 0 Å². The molecule has 100 valence electrons. The molecule has 0 unspecified atom stereocenters. The molecule has 0 aliphatic heterocycles. The summed E-state index contributed by atoms with van der Waals surface area (Å²) >= 11 is 0. The van der Waals surface area contributed by atoms with Crippen molar-refractivity contribution in [2.45, 2.75) is 37.0 Å². The topological polar surface area (TPSA) is 91.7 Å². The summed E-state index contributed by atoms with van der Waals surface area (Å²) < 4.78 is 30.4. The molecule has 1 aromatic carbocycles. The number of hydrogen-bond donors (Lipinski definition) is 2. The van der Waals surface area contributed by atoms with Crippen molar-refractivity contribution in [2.75, 3.05) is 0 Å². The van der Waals surface area contributed by atoms with Crippen LogP contribution in [0.3, 0.4) is 0 Å². The van der Waals surface area contributed by atoms with Gasteiger partial charge in [0.05, 0.1) is 4.90 Å². The Morgan fingerprint density at radius 2 is 1.67 bits per heavy atom. The lowest BCUT2D eigenvalue weighted by Crippen LogP contribution is -1.98. The molecule has 0 aliphatic carbocycles.